The van der Waals surface area contributed by atoms with Crippen molar-refractivity contribution in [3.8, 4) is 22.6 Å². The highest BCUT2D eigenvalue weighted by molar-refractivity contribution is 6.32. The average Bonchev–Trinajstić information content (AvgIpc) is 3.28. The van der Waals surface area contributed by atoms with E-state index in [9.17, 15) is 18.0 Å². The van der Waals surface area contributed by atoms with E-state index in [4.69, 9.17) is 16.3 Å². The Hall–Kier alpha value is -3.98. The van der Waals surface area contributed by atoms with Gasteiger partial charge in [-0.1, -0.05) is 48.0 Å². The number of alkyl halides is 3. The summed E-state index contributed by atoms with van der Waals surface area (Å²) in [6, 6.07) is 21.7. The van der Waals surface area contributed by atoms with Crippen LogP contribution in [0, 0.1) is 0 Å². The van der Waals surface area contributed by atoms with Crippen LogP contribution in [-0.4, -0.2) is 23.0 Å². The zero-order valence-electron chi connectivity index (χ0n) is 18.3. The van der Waals surface area contributed by atoms with Gasteiger partial charge in [0.05, 0.1) is 23.5 Å². The first-order chi connectivity index (χ1) is 16.7. The quantitative estimate of drug-likeness (QED) is 0.310. The molecule has 0 atom stereocenters. The van der Waals surface area contributed by atoms with E-state index in [-0.39, 0.29) is 17.3 Å². The standard InChI is InChI=1S/C25H19ClF3N3O3/c1-34-24(33)30-18-10-6-16(7-11-18)17-8-12-20(13-9-17)35-15-19-14-23(25(27,28)29)31-32(19)22-5-3-2-4-21(22)26/h2-14H,15H2,1H3,(H,30,33). The Bertz CT molecular complexity index is 1320. The van der Waals surface area contributed by atoms with Gasteiger partial charge in [-0.15, -0.1) is 0 Å². The Morgan fingerprint density at radius 1 is 1.00 bits per heavy atom. The second kappa shape index (κ2) is 10.1. The molecule has 1 aromatic heterocycles. The van der Waals surface area contributed by atoms with Crippen molar-refractivity contribution < 1.29 is 27.4 Å². The van der Waals surface area contributed by atoms with E-state index in [1.165, 1.54) is 7.11 Å². The van der Waals surface area contributed by atoms with E-state index in [0.717, 1.165) is 21.9 Å². The Kier molecular flexibility index (Phi) is 6.97. The number of nitrogens with zero attached hydrogens (tertiary/aromatic N) is 2. The Morgan fingerprint density at radius 2 is 1.63 bits per heavy atom. The molecule has 0 saturated heterocycles. The van der Waals surface area contributed by atoms with Crippen molar-refractivity contribution in [1.29, 1.82) is 0 Å². The van der Waals surface area contributed by atoms with Crippen molar-refractivity contribution in [3.63, 3.8) is 0 Å². The topological polar surface area (TPSA) is 65.4 Å². The number of aromatic nitrogens is 2. The van der Waals surface area contributed by atoms with Crippen LogP contribution in [-0.2, 0) is 17.5 Å². The van der Waals surface area contributed by atoms with E-state index in [2.05, 4.69) is 15.2 Å². The van der Waals surface area contributed by atoms with E-state index in [1.54, 1.807) is 48.5 Å². The molecule has 4 rings (SSSR count). The fourth-order valence-electron chi connectivity index (χ4n) is 3.31. The number of carbonyl (C=O) groups is 1. The molecular weight excluding hydrogens is 483 g/mol. The summed E-state index contributed by atoms with van der Waals surface area (Å²) < 4.78 is 51.3. The highest BCUT2D eigenvalue weighted by Gasteiger charge is 2.35. The molecule has 0 bridgehead atoms. The van der Waals surface area contributed by atoms with E-state index >= 15 is 0 Å². The fourth-order valence-corrected chi connectivity index (χ4v) is 3.52. The van der Waals surface area contributed by atoms with Gasteiger partial charge in [-0.3, -0.25) is 5.32 Å². The van der Waals surface area contributed by atoms with Crippen molar-refractivity contribution in [3.05, 3.63) is 95.3 Å². The zero-order chi connectivity index (χ0) is 25.0. The minimum Gasteiger partial charge on any atom is -0.487 e. The summed E-state index contributed by atoms with van der Waals surface area (Å²) in [6.45, 7) is -0.151. The molecule has 0 aliphatic heterocycles. The minimum atomic E-state index is -4.61. The molecule has 1 N–H and O–H groups in total. The largest absolute Gasteiger partial charge is 0.487 e. The lowest BCUT2D eigenvalue weighted by atomic mass is 10.1. The number of para-hydroxylation sites is 1. The van der Waals surface area contributed by atoms with Crippen LogP contribution in [0.15, 0.2) is 78.9 Å². The van der Waals surface area contributed by atoms with Crippen LogP contribution in [0.3, 0.4) is 0 Å². The third kappa shape index (κ3) is 5.75. The molecular formula is C25H19ClF3N3O3. The molecule has 1 amide bonds. The number of rotatable bonds is 6. The number of nitrogens with one attached hydrogen (secondary N) is 1. The van der Waals surface area contributed by atoms with Crippen molar-refractivity contribution in [2.45, 2.75) is 12.8 Å². The second-order valence-corrected chi connectivity index (χ2v) is 7.80. The van der Waals surface area contributed by atoms with Gasteiger partial charge in [-0.25, -0.2) is 9.48 Å². The van der Waals surface area contributed by atoms with Crippen LogP contribution in [0.5, 0.6) is 5.75 Å². The first-order valence-electron chi connectivity index (χ1n) is 10.3. The number of amides is 1. The van der Waals surface area contributed by atoms with E-state index < -0.39 is 18.0 Å². The average molecular weight is 502 g/mol. The summed E-state index contributed by atoms with van der Waals surface area (Å²) in [4.78, 5) is 11.3. The number of hydrogen-bond donors (Lipinski definition) is 1. The predicted octanol–water partition coefficient (Wildman–Crippen LogP) is 6.97. The normalized spacial score (nSPS) is 11.2. The Balaban J connectivity index is 1.50. The lowest BCUT2D eigenvalue weighted by Gasteiger charge is -2.11. The van der Waals surface area contributed by atoms with Crippen LogP contribution >= 0.6 is 11.6 Å². The highest BCUT2D eigenvalue weighted by Crippen LogP contribution is 2.31. The Morgan fingerprint density at radius 3 is 2.23 bits per heavy atom. The summed E-state index contributed by atoms with van der Waals surface area (Å²) >= 11 is 6.18. The molecule has 35 heavy (non-hydrogen) atoms. The summed E-state index contributed by atoms with van der Waals surface area (Å²) in [6.07, 6.45) is -5.16. The lowest BCUT2D eigenvalue weighted by molar-refractivity contribution is -0.141. The maximum absolute atomic E-state index is 13.3. The van der Waals surface area contributed by atoms with Gasteiger partial charge in [-0.2, -0.15) is 18.3 Å². The third-order valence-corrected chi connectivity index (χ3v) is 5.36. The van der Waals surface area contributed by atoms with Crippen LogP contribution in [0.2, 0.25) is 5.02 Å². The SMILES string of the molecule is COC(=O)Nc1ccc(-c2ccc(OCc3cc(C(F)(F)F)nn3-c3ccccc3Cl)cc2)cc1. The second-order valence-electron chi connectivity index (χ2n) is 7.39. The number of anilines is 1. The molecule has 6 nitrogen and oxygen atoms in total. The molecule has 3 aromatic carbocycles. The molecule has 0 fully saturated rings. The zero-order valence-corrected chi connectivity index (χ0v) is 19.1. The van der Waals surface area contributed by atoms with Crippen LogP contribution in [0.25, 0.3) is 16.8 Å². The van der Waals surface area contributed by atoms with Crippen LogP contribution in [0.4, 0.5) is 23.7 Å². The minimum absolute atomic E-state index is 0.151. The third-order valence-electron chi connectivity index (χ3n) is 5.05. The summed E-state index contributed by atoms with van der Waals surface area (Å²) in [7, 11) is 1.28. The van der Waals surface area contributed by atoms with E-state index in [1.807, 2.05) is 24.3 Å². The molecule has 0 aliphatic rings. The molecule has 180 valence electrons. The van der Waals surface area contributed by atoms with Crippen molar-refractivity contribution in [2.24, 2.45) is 0 Å². The number of ether oxygens (including phenoxy) is 2. The lowest BCUT2D eigenvalue weighted by Crippen LogP contribution is -2.10. The summed E-state index contributed by atoms with van der Waals surface area (Å²) in [5.74, 6) is 0.471. The van der Waals surface area contributed by atoms with Crippen LogP contribution < -0.4 is 10.1 Å². The highest BCUT2D eigenvalue weighted by atomic mass is 35.5. The number of methoxy groups -OCH3 is 1. The van der Waals surface area contributed by atoms with Crippen molar-refractivity contribution in [2.75, 3.05) is 12.4 Å². The van der Waals surface area contributed by atoms with E-state index in [0.29, 0.717) is 17.1 Å². The summed E-state index contributed by atoms with van der Waals surface area (Å²) in [5, 5.41) is 6.54. The molecule has 10 heteroatoms. The molecule has 0 unspecified atom stereocenters. The first-order valence-corrected chi connectivity index (χ1v) is 10.7. The number of carbonyl (C=O) groups excluding carboxylic acids is 1. The first kappa shape index (κ1) is 24.2. The number of halogens is 4. The fraction of sp³-hybridized carbons (Fsp3) is 0.120. The molecule has 0 radical (unpaired) electrons. The molecule has 0 aliphatic carbocycles. The maximum Gasteiger partial charge on any atom is 0.435 e. The van der Waals surface area contributed by atoms with Gasteiger partial charge in [0, 0.05) is 5.69 Å². The number of hydrogen-bond acceptors (Lipinski definition) is 4. The molecule has 1 heterocycles. The number of benzene rings is 3. The summed E-state index contributed by atoms with van der Waals surface area (Å²) in [5.41, 5.74) is 1.87. The predicted molar refractivity (Wildman–Crippen MR) is 126 cm³/mol. The van der Waals surface area contributed by atoms with Gasteiger partial charge in [0.1, 0.15) is 12.4 Å². The monoisotopic (exact) mass is 501 g/mol. The van der Waals surface area contributed by atoms with Gasteiger partial charge >= 0.3 is 12.3 Å². The van der Waals surface area contributed by atoms with Gasteiger partial charge in [0.2, 0.25) is 0 Å². The van der Waals surface area contributed by atoms with Gasteiger partial charge in [-0.05, 0) is 53.6 Å². The van der Waals surface area contributed by atoms with Crippen molar-refractivity contribution >= 4 is 23.4 Å². The molecule has 0 saturated carbocycles. The molecule has 0 spiro atoms. The maximum atomic E-state index is 13.3. The Labute approximate surface area is 203 Å². The van der Waals surface area contributed by atoms with Gasteiger partial charge in [0.15, 0.2) is 5.69 Å². The van der Waals surface area contributed by atoms with Gasteiger partial charge in [0.25, 0.3) is 0 Å². The van der Waals surface area contributed by atoms with Crippen LogP contribution in [0.1, 0.15) is 11.4 Å². The van der Waals surface area contributed by atoms with Gasteiger partial charge < -0.3 is 9.47 Å². The van der Waals surface area contributed by atoms with Crippen molar-refractivity contribution in [1.82, 2.24) is 9.78 Å². The molecule has 4 aromatic rings. The smallest absolute Gasteiger partial charge is 0.435 e.